The molecule has 0 bridgehead atoms. The molecule has 0 spiro atoms. The van der Waals surface area contributed by atoms with Crippen molar-refractivity contribution in [2.24, 2.45) is 11.1 Å². The van der Waals surface area contributed by atoms with Crippen molar-refractivity contribution in [3.8, 4) is 5.75 Å². The SMILES string of the molecule is COc1ccc(C(C)NC(=O)CC(N)C(C)(C)C)cc1Br. The standard InChI is InChI=1S/C16H25BrN2O2/c1-10(11-6-7-13(21-5)12(17)8-11)19-15(20)9-14(18)16(2,3)4/h6-8,10,14H,9,18H2,1-5H3,(H,19,20). The molecule has 0 heterocycles. The fourth-order valence-electron chi connectivity index (χ4n) is 1.84. The lowest BCUT2D eigenvalue weighted by atomic mass is 9.85. The molecule has 4 nitrogen and oxygen atoms in total. The third kappa shape index (κ3) is 5.32. The zero-order valence-electron chi connectivity index (χ0n) is 13.4. The minimum atomic E-state index is -0.160. The van der Waals surface area contributed by atoms with Crippen molar-refractivity contribution in [3.63, 3.8) is 0 Å². The zero-order valence-corrected chi connectivity index (χ0v) is 15.0. The highest BCUT2D eigenvalue weighted by Crippen LogP contribution is 2.28. The maximum absolute atomic E-state index is 12.1. The molecule has 0 saturated carbocycles. The zero-order chi connectivity index (χ0) is 16.2. The molecule has 0 aliphatic heterocycles. The lowest BCUT2D eigenvalue weighted by Crippen LogP contribution is -2.40. The van der Waals surface area contributed by atoms with Gasteiger partial charge >= 0.3 is 0 Å². The number of halogens is 1. The van der Waals surface area contributed by atoms with Crippen LogP contribution in [0, 0.1) is 5.41 Å². The summed E-state index contributed by atoms with van der Waals surface area (Å²) in [5, 5.41) is 2.98. The fraction of sp³-hybridized carbons (Fsp3) is 0.562. The largest absolute Gasteiger partial charge is 0.496 e. The van der Waals surface area contributed by atoms with E-state index in [2.05, 4.69) is 21.2 Å². The Balaban J connectivity index is 2.66. The molecule has 3 N–H and O–H groups in total. The molecule has 1 rings (SSSR count). The number of nitrogens with two attached hydrogens (primary N) is 1. The number of methoxy groups -OCH3 is 1. The van der Waals surface area contributed by atoms with Crippen molar-refractivity contribution >= 4 is 21.8 Å². The summed E-state index contributed by atoms with van der Waals surface area (Å²) in [7, 11) is 1.62. The molecule has 2 unspecified atom stereocenters. The van der Waals surface area contributed by atoms with Gasteiger partial charge in [0.1, 0.15) is 5.75 Å². The van der Waals surface area contributed by atoms with Gasteiger partial charge in [-0.2, -0.15) is 0 Å². The minimum absolute atomic E-state index is 0.0307. The van der Waals surface area contributed by atoms with Crippen LogP contribution in [0.2, 0.25) is 0 Å². The maximum atomic E-state index is 12.1. The second-order valence-corrected chi connectivity index (χ2v) is 7.21. The first-order chi connectivity index (χ1) is 9.65. The molecule has 0 aromatic heterocycles. The number of ether oxygens (including phenoxy) is 1. The van der Waals surface area contributed by atoms with Crippen LogP contribution >= 0.6 is 15.9 Å². The molecule has 1 amide bonds. The van der Waals surface area contributed by atoms with Crippen molar-refractivity contribution in [2.45, 2.75) is 46.2 Å². The summed E-state index contributed by atoms with van der Waals surface area (Å²) in [6.45, 7) is 8.06. The number of carbonyl (C=O) groups is 1. The van der Waals surface area contributed by atoms with Crippen LogP contribution in [0.1, 0.15) is 45.7 Å². The summed E-state index contributed by atoms with van der Waals surface area (Å²) < 4.78 is 6.07. The predicted octanol–water partition coefficient (Wildman–Crippen LogP) is 3.40. The molecule has 0 aliphatic carbocycles. The van der Waals surface area contributed by atoms with Crippen LogP contribution in [0.15, 0.2) is 22.7 Å². The number of amides is 1. The van der Waals surface area contributed by atoms with E-state index in [0.717, 1.165) is 15.8 Å². The Labute approximate surface area is 135 Å². The highest BCUT2D eigenvalue weighted by Gasteiger charge is 2.23. The lowest BCUT2D eigenvalue weighted by molar-refractivity contribution is -0.122. The Morgan fingerprint density at radius 3 is 2.52 bits per heavy atom. The minimum Gasteiger partial charge on any atom is -0.496 e. The first-order valence-electron chi connectivity index (χ1n) is 7.03. The predicted molar refractivity (Wildman–Crippen MR) is 89.3 cm³/mol. The molecule has 21 heavy (non-hydrogen) atoms. The molecular formula is C16H25BrN2O2. The number of hydrogen-bond acceptors (Lipinski definition) is 3. The first-order valence-corrected chi connectivity index (χ1v) is 7.83. The molecule has 0 aliphatic rings. The summed E-state index contributed by atoms with van der Waals surface area (Å²) in [6, 6.07) is 5.54. The summed E-state index contributed by atoms with van der Waals surface area (Å²) in [5.74, 6) is 0.740. The Kier molecular flexibility index (Phi) is 6.23. The molecule has 1 aromatic carbocycles. The molecule has 2 atom stereocenters. The molecule has 5 heteroatoms. The van der Waals surface area contributed by atoms with Gasteiger partial charge in [-0.15, -0.1) is 0 Å². The average molecular weight is 357 g/mol. The molecule has 0 radical (unpaired) electrons. The van der Waals surface area contributed by atoms with Gasteiger partial charge in [0.05, 0.1) is 17.6 Å². The number of carbonyl (C=O) groups excluding carboxylic acids is 1. The lowest BCUT2D eigenvalue weighted by Gasteiger charge is -2.27. The summed E-state index contributed by atoms with van der Waals surface area (Å²) in [5.41, 5.74) is 6.98. The Morgan fingerprint density at radius 1 is 1.43 bits per heavy atom. The highest BCUT2D eigenvalue weighted by atomic mass is 79.9. The first kappa shape index (κ1) is 18.0. The third-order valence-electron chi connectivity index (χ3n) is 3.57. The van der Waals surface area contributed by atoms with Crippen LogP contribution in [0.4, 0.5) is 0 Å². The number of rotatable bonds is 5. The van der Waals surface area contributed by atoms with Crippen LogP contribution in [0.25, 0.3) is 0 Å². The van der Waals surface area contributed by atoms with E-state index in [0.29, 0.717) is 6.42 Å². The molecule has 118 valence electrons. The van der Waals surface area contributed by atoms with E-state index in [1.54, 1.807) is 7.11 Å². The van der Waals surface area contributed by atoms with Crippen LogP contribution in [0.3, 0.4) is 0 Å². The van der Waals surface area contributed by atoms with E-state index in [1.807, 2.05) is 45.9 Å². The Morgan fingerprint density at radius 2 is 2.05 bits per heavy atom. The second kappa shape index (κ2) is 7.27. The van der Waals surface area contributed by atoms with E-state index in [-0.39, 0.29) is 23.4 Å². The summed E-state index contributed by atoms with van der Waals surface area (Å²) in [6.07, 6.45) is 0.325. The van der Waals surface area contributed by atoms with Gasteiger partial charge in [0.15, 0.2) is 0 Å². The molecule has 1 aromatic rings. The summed E-state index contributed by atoms with van der Waals surface area (Å²) >= 11 is 3.45. The van der Waals surface area contributed by atoms with Gasteiger partial charge in [-0.1, -0.05) is 26.8 Å². The third-order valence-corrected chi connectivity index (χ3v) is 4.19. The van der Waals surface area contributed by atoms with Gasteiger partial charge in [0.2, 0.25) is 5.91 Å². The molecule has 0 saturated heterocycles. The fourth-order valence-corrected chi connectivity index (χ4v) is 2.40. The number of hydrogen-bond donors (Lipinski definition) is 2. The van der Waals surface area contributed by atoms with Crippen LogP contribution < -0.4 is 15.8 Å². The smallest absolute Gasteiger partial charge is 0.222 e. The van der Waals surface area contributed by atoms with E-state index in [4.69, 9.17) is 10.5 Å². The van der Waals surface area contributed by atoms with Crippen LogP contribution in [-0.4, -0.2) is 19.1 Å². The van der Waals surface area contributed by atoms with Gasteiger partial charge < -0.3 is 15.8 Å². The van der Waals surface area contributed by atoms with Crippen molar-refractivity contribution in [1.29, 1.82) is 0 Å². The topological polar surface area (TPSA) is 64.3 Å². The number of benzene rings is 1. The van der Waals surface area contributed by atoms with Crippen molar-refractivity contribution in [1.82, 2.24) is 5.32 Å². The quantitative estimate of drug-likeness (QED) is 0.849. The van der Waals surface area contributed by atoms with Crippen molar-refractivity contribution < 1.29 is 9.53 Å². The van der Waals surface area contributed by atoms with Gasteiger partial charge in [-0.3, -0.25) is 4.79 Å². The van der Waals surface area contributed by atoms with E-state index < -0.39 is 0 Å². The van der Waals surface area contributed by atoms with Gasteiger partial charge in [-0.25, -0.2) is 0 Å². The van der Waals surface area contributed by atoms with E-state index in [9.17, 15) is 4.79 Å². The van der Waals surface area contributed by atoms with Gasteiger partial charge in [-0.05, 0) is 46.0 Å². The monoisotopic (exact) mass is 356 g/mol. The van der Waals surface area contributed by atoms with E-state index in [1.165, 1.54) is 0 Å². The van der Waals surface area contributed by atoms with Crippen LogP contribution in [-0.2, 0) is 4.79 Å². The summed E-state index contributed by atoms with van der Waals surface area (Å²) in [4.78, 5) is 12.1. The Bertz CT molecular complexity index is 498. The highest BCUT2D eigenvalue weighted by molar-refractivity contribution is 9.10. The van der Waals surface area contributed by atoms with Crippen molar-refractivity contribution in [3.05, 3.63) is 28.2 Å². The van der Waals surface area contributed by atoms with Gasteiger partial charge in [0, 0.05) is 12.5 Å². The Hall–Kier alpha value is -1.07. The van der Waals surface area contributed by atoms with Crippen LogP contribution in [0.5, 0.6) is 5.75 Å². The second-order valence-electron chi connectivity index (χ2n) is 6.36. The normalized spacial score (nSPS) is 14.4. The van der Waals surface area contributed by atoms with Crippen molar-refractivity contribution in [2.75, 3.05) is 7.11 Å². The molecule has 0 fully saturated rings. The number of nitrogens with one attached hydrogen (secondary N) is 1. The molecular weight excluding hydrogens is 332 g/mol. The maximum Gasteiger partial charge on any atom is 0.222 e. The average Bonchev–Trinajstić information content (AvgIpc) is 2.37. The van der Waals surface area contributed by atoms with E-state index >= 15 is 0 Å². The van der Waals surface area contributed by atoms with Gasteiger partial charge in [0.25, 0.3) is 0 Å².